The number of carbonyl (C=O) groups excluding carboxylic acids is 2. The van der Waals surface area contributed by atoms with Gasteiger partial charge in [-0.3, -0.25) is 9.59 Å². The van der Waals surface area contributed by atoms with E-state index >= 15 is 0 Å². The van der Waals surface area contributed by atoms with Crippen LogP contribution in [-0.2, 0) is 9.59 Å². The van der Waals surface area contributed by atoms with Crippen molar-refractivity contribution >= 4 is 11.7 Å². The number of rotatable bonds is 9. The monoisotopic (exact) mass is 477 g/mol. The van der Waals surface area contributed by atoms with Crippen LogP contribution in [-0.4, -0.2) is 32.0 Å². The maximum Gasteiger partial charge on any atom is 0.225 e. The van der Waals surface area contributed by atoms with Gasteiger partial charge in [0.25, 0.3) is 0 Å². The zero-order chi connectivity index (χ0) is 24.9. The first-order valence-electron chi connectivity index (χ1n) is 12.5. The number of carbonyl (C=O) groups is 2. The summed E-state index contributed by atoms with van der Waals surface area (Å²) in [6, 6.07) is 13.7. The predicted octanol–water partition coefficient (Wildman–Crippen LogP) is 5.52. The van der Waals surface area contributed by atoms with E-state index in [0.29, 0.717) is 43.5 Å². The van der Waals surface area contributed by atoms with Crippen LogP contribution >= 0.6 is 0 Å². The molecule has 4 rings (SSSR count). The highest BCUT2D eigenvalue weighted by Gasteiger charge is 2.38. The molecule has 2 atom stereocenters. The summed E-state index contributed by atoms with van der Waals surface area (Å²) in [5.74, 6) is 2.34. The molecule has 0 radical (unpaired) electrons. The average molecular weight is 478 g/mol. The molecule has 2 aromatic rings. The quantitative estimate of drug-likeness (QED) is 0.515. The number of allylic oxidation sites excluding steroid dienone is 2. The van der Waals surface area contributed by atoms with E-state index in [2.05, 4.69) is 19.2 Å². The van der Waals surface area contributed by atoms with E-state index in [1.54, 1.807) is 7.11 Å². The summed E-state index contributed by atoms with van der Waals surface area (Å²) >= 11 is 0. The van der Waals surface area contributed by atoms with Crippen molar-refractivity contribution in [1.29, 1.82) is 0 Å². The number of amides is 1. The molecule has 6 heteroatoms. The molecule has 0 saturated carbocycles. The van der Waals surface area contributed by atoms with Gasteiger partial charge in [-0.1, -0.05) is 39.0 Å². The number of Topliss-reactive ketones (excluding diaryl/α,β-unsaturated/α-hetero) is 1. The summed E-state index contributed by atoms with van der Waals surface area (Å²) in [6.07, 6.45) is 2.19. The van der Waals surface area contributed by atoms with E-state index in [1.165, 1.54) is 0 Å². The van der Waals surface area contributed by atoms with Crippen molar-refractivity contribution in [3.8, 4) is 17.2 Å². The van der Waals surface area contributed by atoms with Gasteiger partial charge in [0, 0.05) is 30.0 Å². The van der Waals surface area contributed by atoms with Crippen LogP contribution in [0.15, 0.2) is 53.7 Å². The normalized spacial score (nSPS) is 19.9. The SMILES string of the molecule is CCCOc1ccc(C2CC(=O)NC3=C2C(=O)CC(c2ccc(OCC(C)C)cc2)C3)cc1OC. The fourth-order valence-corrected chi connectivity index (χ4v) is 4.81. The highest BCUT2D eigenvalue weighted by atomic mass is 16.5. The number of benzene rings is 2. The third kappa shape index (κ3) is 5.69. The molecule has 35 heavy (non-hydrogen) atoms. The fourth-order valence-electron chi connectivity index (χ4n) is 4.81. The minimum absolute atomic E-state index is 0.0267. The number of ketones is 1. The molecule has 186 valence electrons. The molecule has 1 amide bonds. The lowest BCUT2D eigenvalue weighted by molar-refractivity contribution is -0.122. The van der Waals surface area contributed by atoms with Crippen molar-refractivity contribution < 1.29 is 23.8 Å². The first kappa shape index (κ1) is 24.8. The van der Waals surface area contributed by atoms with Crippen LogP contribution in [0.3, 0.4) is 0 Å². The molecule has 0 aromatic heterocycles. The molecular weight excluding hydrogens is 442 g/mol. The number of hydrogen-bond acceptors (Lipinski definition) is 5. The second-order valence-corrected chi connectivity index (χ2v) is 9.76. The van der Waals surface area contributed by atoms with Crippen LogP contribution in [0.25, 0.3) is 0 Å². The zero-order valence-corrected chi connectivity index (χ0v) is 21.1. The van der Waals surface area contributed by atoms with Crippen molar-refractivity contribution in [3.63, 3.8) is 0 Å². The molecule has 1 aliphatic carbocycles. The molecule has 0 fully saturated rings. The Morgan fingerprint density at radius 2 is 1.69 bits per heavy atom. The Morgan fingerprint density at radius 1 is 0.943 bits per heavy atom. The lowest BCUT2D eigenvalue weighted by atomic mass is 9.73. The van der Waals surface area contributed by atoms with Gasteiger partial charge in [0.15, 0.2) is 17.3 Å². The number of ether oxygens (including phenoxy) is 3. The standard InChI is InChI=1S/C29H35NO5/c1-5-12-34-26-11-8-20(15-27(26)33-4)23-16-28(32)30-24-13-21(14-25(31)29(23)24)19-6-9-22(10-7-19)35-17-18(2)3/h6-11,15,18,21,23H,5,12-14,16-17H2,1-4H3,(H,30,32). The molecule has 1 N–H and O–H groups in total. The molecule has 2 aromatic carbocycles. The van der Waals surface area contributed by atoms with Crippen LogP contribution in [0.5, 0.6) is 17.2 Å². The highest BCUT2D eigenvalue weighted by Crippen LogP contribution is 2.44. The molecule has 0 spiro atoms. The minimum atomic E-state index is -0.284. The van der Waals surface area contributed by atoms with Gasteiger partial charge in [0.2, 0.25) is 5.91 Å². The molecule has 2 aliphatic rings. The minimum Gasteiger partial charge on any atom is -0.493 e. The van der Waals surface area contributed by atoms with Gasteiger partial charge in [0.05, 0.1) is 20.3 Å². The van der Waals surface area contributed by atoms with E-state index in [1.807, 2.05) is 49.4 Å². The first-order valence-corrected chi connectivity index (χ1v) is 12.5. The second kappa shape index (κ2) is 11.0. The van der Waals surface area contributed by atoms with Crippen molar-refractivity contribution in [1.82, 2.24) is 5.32 Å². The van der Waals surface area contributed by atoms with Crippen LogP contribution in [0.2, 0.25) is 0 Å². The highest BCUT2D eigenvalue weighted by molar-refractivity contribution is 6.02. The van der Waals surface area contributed by atoms with E-state index < -0.39 is 0 Å². The van der Waals surface area contributed by atoms with Crippen molar-refractivity contribution in [2.45, 2.75) is 58.3 Å². The number of hydrogen-bond donors (Lipinski definition) is 1. The molecule has 1 heterocycles. The summed E-state index contributed by atoms with van der Waals surface area (Å²) < 4.78 is 17.1. The zero-order valence-electron chi connectivity index (χ0n) is 21.1. The lowest BCUT2D eigenvalue weighted by Gasteiger charge is -2.34. The fraction of sp³-hybridized carbons (Fsp3) is 0.448. The Kier molecular flexibility index (Phi) is 7.79. The van der Waals surface area contributed by atoms with Gasteiger partial charge in [-0.25, -0.2) is 0 Å². The number of methoxy groups -OCH3 is 1. The van der Waals surface area contributed by atoms with Crippen LogP contribution in [0, 0.1) is 5.92 Å². The Labute approximate surface area is 207 Å². The third-order valence-corrected chi connectivity index (χ3v) is 6.52. The molecule has 6 nitrogen and oxygen atoms in total. The smallest absolute Gasteiger partial charge is 0.225 e. The van der Waals surface area contributed by atoms with E-state index in [0.717, 1.165) is 34.6 Å². The molecule has 2 unspecified atom stereocenters. The number of nitrogens with one attached hydrogen (secondary N) is 1. The Morgan fingerprint density at radius 3 is 2.37 bits per heavy atom. The van der Waals surface area contributed by atoms with E-state index in [4.69, 9.17) is 14.2 Å². The maximum atomic E-state index is 13.4. The summed E-state index contributed by atoms with van der Waals surface area (Å²) in [7, 11) is 1.60. The van der Waals surface area contributed by atoms with Gasteiger partial charge in [-0.05, 0) is 60.1 Å². The second-order valence-electron chi connectivity index (χ2n) is 9.76. The van der Waals surface area contributed by atoms with E-state index in [-0.39, 0.29) is 29.9 Å². The third-order valence-electron chi connectivity index (χ3n) is 6.52. The molecule has 0 bridgehead atoms. The van der Waals surface area contributed by atoms with Crippen molar-refractivity contribution in [3.05, 3.63) is 64.9 Å². The lowest BCUT2D eigenvalue weighted by Crippen LogP contribution is -2.38. The Balaban J connectivity index is 1.58. The predicted molar refractivity (Wildman–Crippen MR) is 135 cm³/mol. The first-order chi connectivity index (χ1) is 16.9. The average Bonchev–Trinajstić information content (AvgIpc) is 2.85. The van der Waals surface area contributed by atoms with Crippen LogP contribution in [0.4, 0.5) is 0 Å². The molecule has 1 aliphatic heterocycles. The van der Waals surface area contributed by atoms with Gasteiger partial charge in [-0.2, -0.15) is 0 Å². The summed E-state index contributed by atoms with van der Waals surface area (Å²) in [5, 5.41) is 3.00. The van der Waals surface area contributed by atoms with Gasteiger partial charge in [0.1, 0.15) is 5.75 Å². The van der Waals surface area contributed by atoms with Gasteiger partial charge >= 0.3 is 0 Å². The van der Waals surface area contributed by atoms with Crippen LogP contribution in [0.1, 0.15) is 69.4 Å². The summed E-state index contributed by atoms with van der Waals surface area (Å²) in [4.78, 5) is 26.1. The largest absolute Gasteiger partial charge is 0.493 e. The van der Waals surface area contributed by atoms with Crippen molar-refractivity contribution in [2.24, 2.45) is 5.92 Å². The molecular formula is C29H35NO5. The summed E-state index contributed by atoms with van der Waals surface area (Å²) in [5.41, 5.74) is 3.45. The Hall–Kier alpha value is -3.28. The topological polar surface area (TPSA) is 73.9 Å². The maximum absolute atomic E-state index is 13.4. The Bertz CT molecular complexity index is 1100. The van der Waals surface area contributed by atoms with E-state index in [9.17, 15) is 9.59 Å². The summed E-state index contributed by atoms with van der Waals surface area (Å²) in [6.45, 7) is 7.54. The van der Waals surface area contributed by atoms with Crippen LogP contribution < -0.4 is 19.5 Å². The van der Waals surface area contributed by atoms with Crippen molar-refractivity contribution in [2.75, 3.05) is 20.3 Å². The molecule has 0 saturated heterocycles. The van der Waals surface area contributed by atoms with Gasteiger partial charge < -0.3 is 19.5 Å². The van der Waals surface area contributed by atoms with Gasteiger partial charge in [-0.15, -0.1) is 0 Å².